The Hall–Kier alpha value is -3.74. The summed E-state index contributed by atoms with van der Waals surface area (Å²) in [7, 11) is 0. The Bertz CT molecular complexity index is 1090. The molecule has 0 fully saturated rings. The molecular formula is C19H13N3O4. The first-order valence-corrected chi connectivity index (χ1v) is 7.88. The maximum atomic E-state index is 10.9. The molecule has 4 aromatic rings. The number of benzene rings is 3. The van der Waals surface area contributed by atoms with Crippen molar-refractivity contribution in [2.45, 2.75) is 6.61 Å². The van der Waals surface area contributed by atoms with Crippen molar-refractivity contribution in [1.82, 2.24) is 10.1 Å². The fourth-order valence-electron chi connectivity index (χ4n) is 2.59. The molecule has 128 valence electrons. The highest BCUT2D eigenvalue weighted by Gasteiger charge is 2.13. The third-order valence-corrected chi connectivity index (χ3v) is 3.87. The van der Waals surface area contributed by atoms with Crippen LogP contribution < -0.4 is 4.74 Å². The fraction of sp³-hybridized carbons (Fsp3) is 0.0526. The molecule has 0 bridgehead atoms. The van der Waals surface area contributed by atoms with Crippen LogP contribution in [0.3, 0.4) is 0 Å². The molecule has 0 saturated carbocycles. The molecule has 4 rings (SSSR count). The summed E-state index contributed by atoms with van der Waals surface area (Å²) < 4.78 is 10.9. The van der Waals surface area contributed by atoms with Gasteiger partial charge in [0, 0.05) is 17.7 Å². The number of nitrogens with zero attached hydrogens (tertiary/aromatic N) is 3. The first kappa shape index (κ1) is 15.8. The molecule has 0 amide bonds. The van der Waals surface area contributed by atoms with Gasteiger partial charge in [-0.05, 0) is 22.9 Å². The largest absolute Gasteiger partial charge is 0.484 e. The molecule has 0 atom stereocenters. The molecule has 1 heterocycles. The van der Waals surface area contributed by atoms with Gasteiger partial charge >= 0.3 is 0 Å². The molecule has 0 unspecified atom stereocenters. The number of fused-ring (bicyclic) bond motifs is 1. The molecule has 0 N–H and O–H groups in total. The topological polar surface area (TPSA) is 91.3 Å². The summed E-state index contributed by atoms with van der Waals surface area (Å²) >= 11 is 0. The average molecular weight is 347 g/mol. The highest BCUT2D eigenvalue weighted by molar-refractivity contribution is 5.83. The van der Waals surface area contributed by atoms with Gasteiger partial charge in [-0.3, -0.25) is 10.1 Å². The van der Waals surface area contributed by atoms with Gasteiger partial charge in [0.25, 0.3) is 11.6 Å². The molecular weight excluding hydrogens is 334 g/mol. The number of nitro groups is 1. The number of hydrogen-bond acceptors (Lipinski definition) is 6. The van der Waals surface area contributed by atoms with E-state index in [0.29, 0.717) is 17.2 Å². The van der Waals surface area contributed by atoms with E-state index in [2.05, 4.69) is 10.1 Å². The highest BCUT2D eigenvalue weighted by atomic mass is 16.6. The van der Waals surface area contributed by atoms with Crippen LogP contribution in [-0.4, -0.2) is 15.1 Å². The Morgan fingerprint density at radius 1 is 1.00 bits per heavy atom. The van der Waals surface area contributed by atoms with Gasteiger partial charge < -0.3 is 9.26 Å². The molecule has 26 heavy (non-hydrogen) atoms. The first-order valence-electron chi connectivity index (χ1n) is 7.88. The summed E-state index contributed by atoms with van der Waals surface area (Å²) in [6, 6.07) is 19.9. The molecule has 1 aromatic heterocycles. The van der Waals surface area contributed by atoms with Gasteiger partial charge in [0.05, 0.1) is 4.92 Å². The molecule has 7 nitrogen and oxygen atoms in total. The second-order valence-electron chi connectivity index (χ2n) is 5.62. The van der Waals surface area contributed by atoms with E-state index < -0.39 is 4.92 Å². The summed E-state index contributed by atoms with van der Waals surface area (Å²) in [5, 5.41) is 16.9. The lowest BCUT2D eigenvalue weighted by molar-refractivity contribution is -0.384. The third kappa shape index (κ3) is 3.23. The van der Waals surface area contributed by atoms with Crippen LogP contribution >= 0.6 is 0 Å². The zero-order valence-corrected chi connectivity index (χ0v) is 13.5. The zero-order valence-electron chi connectivity index (χ0n) is 13.5. The van der Waals surface area contributed by atoms with Gasteiger partial charge in [0.2, 0.25) is 5.82 Å². The minimum atomic E-state index is -0.465. The van der Waals surface area contributed by atoms with Crippen molar-refractivity contribution in [1.29, 1.82) is 0 Å². The molecule has 0 radical (unpaired) electrons. The van der Waals surface area contributed by atoms with Gasteiger partial charge in [-0.2, -0.15) is 4.98 Å². The minimum absolute atomic E-state index is 0.0266. The zero-order chi connectivity index (χ0) is 17.9. The summed E-state index contributed by atoms with van der Waals surface area (Å²) in [5.41, 5.74) is 0.487. The van der Waals surface area contributed by atoms with Gasteiger partial charge in [-0.1, -0.05) is 47.6 Å². The van der Waals surface area contributed by atoms with Gasteiger partial charge in [0.1, 0.15) is 5.75 Å². The van der Waals surface area contributed by atoms with E-state index in [4.69, 9.17) is 9.26 Å². The second-order valence-corrected chi connectivity index (χ2v) is 5.62. The van der Waals surface area contributed by atoms with Crippen molar-refractivity contribution >= 4 is 16.5 Å². The predicted octanol–water partition coefficient (Wildman–Crippen LogP) is 4.38. The van der Waals surface area contributed by atoms with Gasteiger partial charge in [-0.25, -0.2) is 0 Å². The molecule has 0 aliphatic carbocycles. The molecule has 7 heteroatoms. The van der Waals surface area contributed by atoms with Crippen LogP contribution in [0.5, 0.6) is 5.75 Å². The number of nitro benzene ring substituents is 1. The first-order chi connectivity index (χ1) is 12.7. The maximum absolute atomic E-state index is 10.9. The fourth-order valence-corrected chi connectivity index (χ4v) is 2.59. The van der Waals surface area contributed by atoms with Crippen LogP contribution in [0, 0.1) is 10.1 Å². The number of ether oxygens (including phenoxy) is 1. The van der Waals surface area contributed by atoms with E-state index in [0.717, 1.165) is 10.8 Å². The number of hydrogen-bond donors (Lipinski definition) is 0. The molecule has 0 spiro atoms. The van der Waals surface area contributed by atoms with Crippen molar-refractivity contribution in [3.8, 4) is 17.1 Å². The summed E-state index contributed by atoms with van der Waals surface area (Å²) in [6.07, 6.45) is 0. The Balaban J connectivity index is 1.49. The van der Waals surface area contributed by atoms with Crippen LogP contribution in [0.2, 0.25) is 0 Å². The Kier molecular flexibility index (Phi) is 4.03. The highest BCUT2D eigenvalue weighted by Crippen LogP contribution is 2.23. The summed E-state index contributed by atoms with van der Waals surface area (Å²) in [5.74, 6) is 1.27. The van der Waals surface area contributed by atoms with Gasteiger partial charge in [-0.15, -0.1) is 0 Å². The smallest absolute Gasteiger partial charge is 0.270 e. The van der Waals surface area contributed by atoms with E-state index in [9.17, 15) is 10.1 Å². The lowest BCUT2D eigenvalue weighted by Crippen LogP contribution is -1.95. The number of non-ortho nitro benzene ring substituents is 1. The van der Waals surface area contributed by atoms with Crippen molar-refractivity contribution in [3.63, 3.8) is 0 Å². The predicted molar refractivity (Wildman–Crippen MR) is 94.7 cm³/mol. The van der Waals surface area contributed by atoms with Crippen molar-refractivity contribution < 1.29 is 14.2 Å². The molecule has 0 aliphatic rings. The standard InChI is InChI=1S/C19H13N3O4/c23-22(24)16-7-3-6-15(10-16)19-20-18(26-21-19)12-25-17-9-8-13-4-1-2-5-14(13)11-17/h1-11H,12H2. The lowest BCUT2D eigenvalue weighted by atomic mass is 10.1. The third-order valence-electron chi connectivity index (χ3n) is 3.87. The molecule has 3 aromatic carbocycles. The quantitative estimate of drug-likeness (QED) is 0.393. The van der Waals surface area contributed by atoms with Gasteiger partial charge in [0.15, 0.2) is 6.61 Å². The monoisotopic (exact) mass is 347 g/mol. The lowest BCUT2D eigenvalue weighted by Gasteiger charge is -2.04. The number of aromatic nitrogens is 2. The Morgan fingerprint density at radius 3 is 2.69 bits per heavy atom. The van der Waals surface area contributed by atoms with Crippen LogP contribution in [0.4, 0.5) is 5.69 Å². The summed E-state index contributed by atoms with van der Waals surface area (Å²) in [4.78, 5) is 14.6. The SMILES string of the molecule is O=[N+]([O-])c1cccc(-c2noc(COc3ccc4ccccc4c3)n2)c1. The Labute approximate surface area is 148 Å². The normalized spacial score (nSPS) is 10.8. The van der Waals surface area contributed by atoms with Crippen LogP contribution in [0.15, 0.2) is 71.3 Å². The van der Waals surface area contributed by atoms with Crippen LogP contribution in [-0.2, 0) is 6.61 Å². The van der Waals surface area contributed by atoms with Crippen LogP contribution in [0.25, 0.3) is 22.2 Å². The Morgan fingerprint density at radius 2 is 1.85 bits per heavy atom. The average Bonchev–Trinajstić information content (AvgIpc) is 3.15. The molecule has 0 aliphatic heterocycles. The maximum Gasteiger partial charge on any atom is 0.270 e. The van der Waals surface area contributed by atoms with E-state index in [1.165, 1.54) is 12.1 Å². The van der Waals surface area contributed by atoms with Crippen molar-refractivity contribution in [3.05, 3.63) is 82.7 Å². The van der Waals surface area contributed by atoms with E-state index in [1.807, 2.05) is 42.5 Å². The molecule has 0 saturated heterocycles. The van der Waals surface area contributed by atoms with Crippen molar-refractivity contribution in [2.24, 2.45) is 0 Å². The summed E-state index contributed by atoms with van der Waals surface area (Å²) in [6.45, 7) is 0.111. The second kappa shape index (κ2) is 6.64. The minimum Gasteiger partial charge on any atom is -0.484 e. The number of rotatable bonds is 5. The van der Waals surface area contributed by atoms with Crippen LogP contribution in [0.1, 0.15) is 5.89 Å². The van der Waals surface area contributed by atoms with E-state index >= 15 is 0 Å². The van der Waals surface area contributed by atoms with Crippen molar-refractivity contribution in [2.75, 3.05) is 0 Å². The van der Waals surface area contributed by atoms with E-state index in [1.54, 1.807) is 12.1 Å². The van der Waals surface area contributed by atoms with E-state index in [-0.39, 0.29) is 18.1 Å².